The van der Waals surface area contributed by atoms with Gasteiger partial charge in [-0.25, -0.2) is 9.37 Å². The van der Waals surface area contributed by atoms with Crippen LogP contribution in [0.15, 0.2) is 36.8 Å². The number of pyridine rings is 1. The Morgan fingerprint density at radius 2 is 2.03 bits per heavy atom. The van der Waals surface area contributed by atoms with E-state index >= 15 is 0 Å². The van der Waals surface area contributed by atoms with Crippen molar-refractivity contribution in [2.45, 2.75) is 18.6 Å². The van der Waals surface area contributed by atoms with E-state index in [0.717, 1.165) is 42.9 Å². The third-order valence-electron chi connectivity index (χ3n) is 6.62. The maximum absolute atomic E-state index is 13.3. The molecule has 1 aliphatic heterocycles. The van der Waals surface area contributed by atoms with E-state index in [0.29, 0.717) is 29.3 Å². The molecule has 0 bridgehead atoms. The van der Waals surface area contributed by atoms with Crippen LogP contribution >= 0.6 is 0 Å². The number of carbonyl (C=O) groups excluding carboxylic acids is 1. The fraction of sp³-hybridized carbons (Fsp3) is 0.391. The lowest BCUT2D eigenvalue weighted by atomic mass is 10.3. The van der Waals surface area contributed by atoms with Crippen LogP contribution in [-0.4, -0.2) is 87.4 Å². The van der Waals surface area contributed by atoms with Crippen LogP contribution in [0.5, 0.6) is 0 Å². The summed E-state index contributed by atoms with van der Waals surface area (Å²) in [7, 11) is 3.93. The van der Waals surface area contributed by atoms with E-state index in [4.69, 9.17) is 4.98 Å². The molecule has 2 fully saturated rings. The van der Waals surface area contributed by atoms with Crippen LogP contribution in [0.1, 0.15) is 16.8 Å². The van der Waals surface area contributed by atoms with Gasteiger partial charge < -0.3 is 20.4 Å². The second-order valence-corrected chi connectivity index (χ2v) is 8.92. The van der Waals surface area contributed by atoms with Gasteiger partial charge in [-0.05, 0) is 19.2 Å². The molecule has 176 valence electrons. The first kappa shape index (κ1) is 20.8. The van der Waals surface area contributed by atoms with E-state index in [9.17, 15) is 9.18 Å². The van der Waals surface area contributed by atoms with E-state index in [1.807, 2.05) is 22.8 Å². The van der Waals surface area contributed by atoms with Crippen molar-refractivity contribution in [2.75, 3.05) is 50.5 Å². The van der Waals surface area contributed by atoms with Gasteiger partial charge in [-0.15, -0.1) is 0 Å². The monoisotopic (exact) mass is 463 g/mol. The molecule has 5 heterocycles. The zero-order valence-corrected chi connectivity index (χ0v) is 19.1. The summed E-state index contributed by atoms with van der Waals surface area (Å²) in [4.78, 5) is 27.0. The third kappa shape index (κ3) is 3.43. The third-order valence-corrected chi connectivity index (χ3v) is 6.62. The lowest BCUT2D eigenvalue weighted by Gasteiger charge is -2.33. The van der Waals surface area contributed by atoms with Crippen LogP contribution in [0.2, 0.25) is 0 Å². The van der Waals surface area contributed by atoms with Gasteiger partial charge in [0.15, 0.2) is 5.65 Å². The van der Waals surface area contributed by atoms with Crippen molar-refractivity contribution in [1.29, 1.82) is 0 Å². The standard InChI is InChI=1S/C23H26FN9O/c1-25-19-11-20(29-22-14(12-27-33(19)22)23(34)28-16-10-15(16)24)32-13-18(21-17(32)4-3-5-26-21)31-8-6-30(2)7-9-31/h3-5,11-13,15-16,25H,6-10H2,1-2H3,(H,28,34)/t15-,16+/m1/s1. The summed E-state index contributed by atoms with van der Waals surface area (Å²) in [5.41, 5.74) is 3.62. The van der Waals surface area contributed by atoms with Crippen molar-refractivity contribution >= 4 is 34.1 Å². The van der Waals surface area contributed by atoms with Crippen molar-refractivity contribution in [3.8, 4) is 5.82 Å². The number of amides is 1. The van der Waals surface area contributed by atoms with Crippen LogP contribution in [0.4, 0.5) is 15.9 Å². The lowest BCUT2D eigenvalue weighted by molar-refractivity contribution is 0.0949. The first-order valence-electron chi connectivity index (χ1n) is 11.4. The van der Waals surface area contributed by atoms with Gasteiger partial charge in [-0.1, -0.05) is 0 Å². The molecule has 11 heteroatoms. The van der Waals surface area contributed by atoms with E-state index < -0.39 is 12.2 Å². The number of halogens is 1. The summed E-state index contributed by atoms with van der Waals surface area (Å²) < 4.78 is 16.9. The summed E-state index contributed by atoms with van der Waals surface area (Å²) in [6.45, 7) is 3.82. The van der Waals surface area contributed by atoms with Crippen molar-refractivity contribution in [2.24, 2.45) is 0 Å². The van der Waals surface area contributed by atoms with E-state index in [-0.39, 0.29) is 5.91 Å². The smallest absolute Gasteiger partial charge is 0.257 e. The highest BCUT2D eigenvalue weighted by Crippen LogP contribution is 2.31. The molecule has 6 rings (SSSR count). The number of hydrogen-bond donors (Lipinski definition) is 2. The number of nitrogens with zero attached hydrogens (tertiary/aromatic N) is 7. The Labute approximate surface area is 195 Å². The molecule has 10 nitrogen and oxygen atoms in total. The summed E-state index contributed by atoms with van der Waals surface area (Å²) in [5, 5.41) is 10.2. The number of likely N-dealkylation sites (N-methyl/N-ethyl adjacent to an activating group) is 1. The Balaban J connectivity index is 1.46. The number of hydrogen-bond acceptors (Lipinski definition) is 7. The minimum atomic E-state index is -0.978. The number of nitrogens with one attached hydrogen (secondary N) is 2. The SMILES string of the molecule is CNc1cc(-n2cc(N3CCN(C)CC3)c3ncccc32)nc2c(C(=O)N[C@H]3C[C@H]3F)cnn12. The number of alkyl halides is 1. The van der Waals surface area contributed by atoms with Gasteiger partial charge in [-0.2, -0.15) is 9.61 Å². The van der Waals surface area contributed by atoms with Gasteiger partial charge in [0.1, 0.15) is 28.9 Å². The molecule has 0 unspecified atom stereocenters. The molecule has 34 heavy (non-hydrogen) atoms. The summed E-state index contributed by atoms with van der Waals surface area (Å²) >= 11 is 0. The molecule has 2 N–H and O–H groups in total. The average Bonchev–Trinajstić information content (AvgIpc) is 3.23. The van der Waals surface area contributed by atoms with Crippen LogP contribution in [0, 0.1) is 0 Å². The highest BCUT2D eigenvalue weighted by atomic mass is 19.1. The summed E-state index contributed by atoms with van der Waals surface area (Å²) in [6, 6.07) is 5.39. The Bertz CT molecular complexity index is 1390. The molecule has 1 aliphatic carbocycles. The second kappa shape index (κ2) is 7.94. The van der Waals surface area contributed by atoms with Crippen LogP contribution in [-0.2, 0) is 0 Å². The first-order chi connectivity index (χ1) is 16.5. The molecule has 0 spiro atoms. The predicted molar refractivity (Wildman–Crippen MR) is 128 cm³/mol. The highest BCUT2D eigenvalue weighted by molar-refractivity contribution is 6.00. The minimum absolute atomic E-state index is 0.311. The van der Waals surface area contributed by atoms with Gasteiger partial charge in [-0.3, -0.25) is 14.3 Å². The molecule has 1 saturated heterocycles. The molecular weight excluding hydrogens is 437 g/mol. The number of fused-ring (bicyclic) bond motifs is 2. The van der Waals surface area contributed by atoms with Crippen molar-refractivity contribution in [1.82, 2.24) is 34.4 Å². The molecule has 4 aromatic heterocycles. The van der Waals surface area contributed by atoms with Gasteiger partial charge in [0.25, 0.3) is 5.91 Å². The highest BCUT2D eigenvalue weighted by Gasteiger charge is 2.39. The molecule has 2 aliphatic rings. The number of rotatable bonds is 5. The van der Waals surface area contributed by atoms with Gasteiger partial charge in [0.2, 0.25) is 0 Å². The zero-order chi connectivity index (χ0) is 23.4. The maximum atomic E-state index is 13.3. The normalized spacial score (nSPS) is 20.7. The van der Waals surface area contributed by atoms with Crippen molar-refractivity contribution < 1.29 is 9.18 Å². The van der Waals surface area contributed by atoms with Crippen LogP contribution < -0.4 is 15.5 Å². The summed E-state index contributed by atoms with van der Waals surface area (Å²) in [6.07, 6.45) is 4.71. The van der Waals surface area contributed by atoms with Crippen molar-refractivity contribution in [3.63, 3.8) is 0 Å². The van der Waals surface area contributed by atoms with E-state index in [1.54, 1.807) is 17.8 Å². The predicted octanol–water partition coefficient (Wildman–Crippen LogP) is 1.70. The van der Waals surface area contributed by atoms with Gasteiger partial charge >= 0.3 is 0 Å². The van der Waals surface area contributed by atoms with E-state index in [2.05, 4.69) is 43.8 Å². The molecule has 0 aromatic carbocycles. The largest absolute Gasteiger partial charge is 0.373 e. The number of aromatic nitrogens is 5. The Morgan fingerprint density at radius 3 is 2.76 bits per heavy atom. The topological polar surface area (TPSA) is 95.6 Å². The summed E-state index contributed by atoms with van der Waals surface area (Å²) in [5.74, 6) is 0.948. The number of piperazine rings is 1. The molecule has 0 radical (unpaired) electrons. The van der Waals surface area contributed by atoms with Crippen molar-refractivity contribution in [3.05, 3.63) is 42.4 Å². The number of anilines is 2. The fourth-order valence-electron chi connectivity index (χ4n) is 4.48. The molecule has 2 atom stereocenters. The van der Waals surface area contributed by atoms with E-state index in [1.165, 1.54) is 6.20 Å². The quantitative estimate of drug-likeness (QED) is 0.465. The molecule has 1 amide bonds. The molecule has 1 saturated carbocycles. The van der Waals surface area contributed by atoms with Crippen LogP contribution in [0.25, 0.3) is 22.5 Å². The Kier molecular flexibility index (Phi) is 4.87. The lowest BCUT2D eigenvalue weighted by Crippen LogP contribution is -2.44. The van der Waals surface area contributed by atoms with Crippen LogP contribution in [0.3, 0.4) is 0 Å². The second-order valence-electron chi connectivity index (χ2n) is 8.92. The molecular formula is C23H26FN9O. The van der Waals surface area contributed by atoms with Gasteiger partial charge in [0, 0.05) is 58.1 Å². The average molecular weight is 464 g/mol. The molecule has 4 aromatic rings. The number of carbonyl (C=O) groups is 1. The minimum Gasteiger partial charge on any atom is -0.373 e. The Hall–Kier alpha value is -3.73. The fourth-order valence-corrected chi connectivity index (χ4v) is 4.48. The maximum Gasteiger partial charge on any atom is 0.257 e. The zero-order valence-electron chi connectivity index (χ0n) is 19.1. The first-order valence-corrected chi connectivity index (χ1v) is 11.4. The Morgan fingerprint density at radius 1 is 1.24 bits per heavy atom. The van der Waals surface area contributed by atoms with Gasteiger partial charge in [0.05, 0.1) is 23.4 Å².